The minimum Gasteiger partial charge on any atom is -0.352 e. The first-order valence-electron chi connectivity index (χ1n) is 11.3. The molecule has 0 radical (unpaired) electrons. The zero-order chi connectivity index (χ0) is 22.8. The van der Waals surface area contributed by atoms with E-state index in [4.69, 9.17) is 11.6 Å². The minimum absolute atomic E-state index is 0.0133. The Kier molecular flexibility index (Phi) is 10.1. The normalized spacial score (nSPS) is 12.8. The first kappa shape index (κ1) is 24.9. The van der Waals surface area contributed by atoms with Gasteiger partial charge in [0.1, 0.15) is 6.04 Å². The molecule has 2 atom stereocenters. The van der Waals surface area contributed by atoms with E-state index in [0.717, 1.165) is 24.0 Å². The van der Waals surface area contributed by atoms with Crippen LogP contribution in [0.2, 0.25) is 5.02 Å². The Hall–Kier alpha value is -2.33. The van der Waals surface area contributed by atoms with E-state index in [2.05, 4.69) is 36.5 Å². The van der Waals surface area contributed by atoms with E-state index in [9.17, 15) is 9.59 Å². The van der Waals surface area contributed by atoms with Crippen molar-refractivity contribution in [1.29, 1.82) is 0 Å². The van der Waals surface area contributed by atoms with Crippen LogP contribution >= 0.6 is 11.6 Å². The fourth-order valence-corrected chi connectivity index (χ4v) is 3.61. The highest BCUT2D eigenvalue weighted by Crippen LogP contribution is 2.17. The zero-order valence-corrected chi connectivity index (χ0v) is 19.9. The van der Waals surface area contributed by atoms with Gasteiger partial charge in [-0.05, 0) is 61.4 Å². The molecule has 0 aliphatic carbocycles. The number of rotatable bonds is 11. The van der Waals surface area contributed by atoms with E-state index in [-0.39, 0.29) is 17.9 Å². The lowest BCUT2D eigenvalue weighted by molar-refractivity contribution is -0.141. The third kappa shape index (κ3) is 7.70. The lowest BCUT2D eigenvalue weighted by atomic mass is 10.0. The molecule has 0 aromatic heterocycles. The van der Waals surface area contributed by atoms with Crippen molar-refractivity contribution in [2.24, 2.45) is 0 Å². The summed E-state index contributed by atoms with van der Waals surface area (Å²) in [6.07, 6.45) is 3.43. The molecule has 4 nitrogen and oxygen atoms in total. The van der Waals surface area contributed by atoms with Crippen LogP contribution < -0.4 is 5.32 Å². The maximum Gasteiger partial charge on any atom is 0.243 e. The molecule has 168 valence electrons. The van der Waals surface area contributed by atoms with Crippen LogP contribution in [0.15, 0.2) is 48.5 Å². The molecular weight excluding hydrogens is 408 g/mol. The molecule has 2 aromatic carbocycles. The molecule has 2 rings (SSSR count). The van der Waals surface area contributed by atoms with Gasteiger partial charge in [0.15, 0.2) is 0 Å². The molecule has 0 bridgehead atoms. The second-order valence-electron chi connectivity index (χ2n) is 8.06. The summed E-state index contributed by atoms with van der Waals surface area (Å²) in [5.41, 5.74) is 3.38. The molecule has 2 aromatic rings. The smallest absolute Gasteiger partial charge is 0.243 e. The number of nitrogens with one attached hydrogen (secondary N) is 1. The van der Waals surface area contributed by atoms with Gasteiger partial charge in [-0.25, -0.2) is 0 Å². The van der Waals surface area contributed by atoms with Crippen molar-refractivity contribution in [2.45, 2.75) is 78.4 Å². The van der Waals surface area contributed by atoms with Crippen molar-refractivity contribution >= 4 is 23.4 Å². The summed E-state index contributed by atoms with van der Waals surface area (Å²) in [7, 11) is 0. The largest absolute Gasteiger partial charge is 0.352 e. The number of benzene rings is 2. The van der Waals surface area contributed by atoms with Gasteiger partial charge in [-0.15, -0.1) is 0 Å². The summed E-state index contributed by atoms with van der Waals surface area (Å²) >= 11 is 6.02. The van der Waals surface area contributed by atoms with Crippen molar-refractivity contribution in [2.75, 3.05) is 0 Å². The molecule has 0 heterocycles. The van der Waals surface area contributed by atoms with Crippen LogP contribution in [0.4, 0.5) is 0 Å². The highest BCUT2D eigenvalue weighted by Gasteiger charge is 2.29. The quantitative estimate of drug-likeness (QED) is 0.495. The number of nitrogens with zero attached hydrogens (tertiary/aromatic N) is 1. The number of aryl methyl sites for hydroxylation is 2. The summed E-state index contributed by atoms with van der Waals surface area (Å²) in [4.78, 5) is 28.0. The maximum absolute atomic E-state index is 13.3. The van der Waals surface area contributed by atoms with Crippen molar-refractivity contribution in [3.8, 4) is 0 Å². The summed E-state index contributed by atoms with van der Waals surface area (Å²) in [5, 5.41) is 3.69. The average Bonchev–Trinajstić information content (AvgIpc) is 2.78. The number of carbonyl (C=O) groups excluding carboxylic acids is 2. The van der Waals surface area contributed by atoms with Crippen LogP contribution in [0.1, 0.15) is 63.6 Å². The van der Waals surface area contributed by atoms with Gasteiger partial charge in [-0.1, -0.05) is 68.8 Å². The van der Waals surface area contributed by atoms with Crippen molar-refractivity contribution < 1.29 is 9.59 Å². The van der Waals surface area contributed by atoms with Gasteiger partial charge in [0.05, 0.1) is 0 Å². The van der Waals surface area contributed by atoms with E-state index in [0.29, 0.717) is 30.8 Å². The Morgan fingerprint density at radius 2 is 1.48 bits per heavy atom. The summed E-state index contributed by atoms with van der Waals surface area (Å²) in [6.45, 7) is 8.48. The summed E-state index contributed by atoms with van der Waals surface area (Å²) in [5.74, 6) is -0.105. The van der Waals surface area contributed by atoms with Crippen LogP contribution in [0.3, 0.4) is 0 Å². The molecular formula is C26H35ClN2O2. The fourth-order valence-electron chi connectivity index (χ4n) is 3.48. The van der Waals surface area contributed by atoms with E-state index in [1.54, 1.807) is 4.90 Å². The molecule has 0 fully saturated rings. The molecule has 2 amide bonds. The molecule has 1 N–H and O–H groups in total. The topological polar surface area (TPSA) is 49.4 Å². The number of hydrogen-bond acceptors (Lipinski definition) is 2. The summed E-state index contributed by atoms with van der Waals surface area (Å²) < 4.78 is 0. The molecule has 5 heteroatoms. The first-order chi connectivity index (χ1) is 14.9. The predicted octanol–water partition coefficient (Wildman–Crippen LogP) is 5.56. The van der Waals surface area contributed by atoms with Crippen LogP contribution in [-0.2, 0) is 29.0 Å². The van der Waals surface area contributed by atoms with Crippen molar-refractivity contribution in [3.63, 3.8) is 0 Å². The monoisotopic (exact) mass is 442 g/mol. The Morgan fingerprint density at radius 1 is 0.903 bits per heavy atom. The van der Waals surface area contributed by atoms with Crippen molar-refractivity contribution in [1.82, 2.24) is 10.2 Å². The Morgan fingerprint density at radius 3 is 2.03 bits per heavy atom. The van der Waals surface area contributed by atoms with Gasteiger partial charge in [-0.3, -0.25) is 9.59 Å². The van der Waals surface area contributed by atoms with Gasteiger partial charge in [0, 0.05) is 24.0 Å². The Balaban J connectivity index is 2.18. The second-order valence-corrected chi connectivity index (χ2v) is 8.50. The van der Waals surface area contributed by atoms with Gasteiger partial charge in [0.2, 0.25) is 11.8 Å². The van der Waals surface area contributed by atoms with E-state index < -0.39 is 6.04 Å². The number of carbonyl (C=O) groups is 2. The van der Waals surface area contributed by atoms with Crippen LogP contribution in [0.5, 0.6) is 0 Å². The molecule has 0 saturated carbocycles. The second kappa shape index (κ2) is 12.5. The van der Waals surface area contributed by atoms with Crippen molar-refractivity contribution in [3.05, 3.63) is 70.2 Å². The average molecular weight is 443 g/mol. The molecule has 31 heavy (non-hydrogen) atoms. The van der Waals surface area contributed by atoms with E-state index in [1.807, 2.05) is 45.0 Å². The van der Waals surface area contributed by atoms with Gasteiger partial charge >= 0.3 is 0 Å². The van der Waals surface area contributed by atoms with Gasteiger partial charge in [-0.2, -0.15) is 0 Å². The zero-order valence-electron chi connectivity index (χ0n) is 19.2. The van der Waals surface area contributed by atoms with Gasteiger partial charge < -0.3 is 10.2 Å². The SMILES string of the molecule is CCc1ccc(CCC(=O)N(Cc2ccc(Cl)cc2)[C@@H](CC)C(=O)N[C@@H](C)CC)cc1. The Labute approximate surface area is 192 Å². The number of halogens is 1. The number of amides is 2. The maximum atomic E-state index is 13.3. The molecule has 0 unspecified atom stereocenters. The lowest BCUT2D eigenvalue weighted by Gasteiger charge is -2.31. The first-order valence-corrected chi connectivity index (χ1v) is 11.7. The third-order valence-electron chi connectivity index (χ3n) is 5.71. The van der Waals surface area contributed by atoms with E-state index >= 15 is 0 Å². The van der Waals surface area contributed by atoms with Crippen LogP contribution in [0.25, 0.3) is 0 Å². The summed E-state index contributed by atoms with van der Waals surface area (Å²) in [6, 6.07) is 15.4. The highest BCUT2D eigenvalue weighted by atomic mass is 35.5. The standard InChI is InChI=1S/C26H35ClN2O2/c1-5-19(4)28-26(31)24(7-3)29(18-22-12-15-23(27)16-13-22)25(30)17-14-21-10-8-20(6-2)9-11-21/h8-13,15-16,19,24H,5-7,14,17-18H2,1-4H3,(H,28,31)/t19-,24-/m0/s1. The lowest BCUT2D eigenvalue weighted by Crippen LogP contribution is -2.50. The third-order valence-corrected chi connectivity index (χ3v) is 5.96. The fraction of sp³-hybridized carbons (Fsp3) is 0.462. The predicted molar refractivity (Wildman–Crippen MR) is 128 cm³/mol. The highest BCUT2D eigenvalue weighted by molar-refractivity contribution is 6.30. The molecule has 0 aliphatic heterocycles. The Bertz CT molecular complexity index is 833. The van der Waals surface area contributed by atoms with E-state index in [1.165, 1.54) is 5.56 Å². The van der Waals surface area contributed by atoms with Crippen LogP contribution in [0, 0.1) is 0 Å². The van der Waals surface area contributed by atoms with Gasteiger partial charge in [0.25, 0.3) is 0 Å². The molecule has 0 saturated heterocycles. The number of hydrogen-bond donors (Lipinski definition) is 1. The molecule has 0 spiro atoms. The molecule has 0 aliphatic rings. The minimum atomic E-state index is -0.500. The van der Waals surface area contributed by atoms with Crippen LogP contribution in [-0.4, -0.2) is 28.8 Å².